The van der Waals surface area contributed by atoms with Crippen LogP contribution in [0.4, 0.5) is 0 Å². The topological polar surface area (TPSA) is 48.1 Å². The van der Waals surface area contributed by atoms with E-state index in [2.05, 4.69) is 4.98 Å². The Labute approximate surface area is 64.5 Å². The molecular formula is C8H8N2O. The fourth-order valence-corrected chi connectivity index (χ4v) is 1.05. The van der Waals surface area contributed by atoms with Crippen molar-refractivity contribution in [2.75, 3.05) is 0 Å². The van der Waals surface area contributed by atoms with Gasteiger partial charge >= 0.3 is 0 Å². The van der Waals surface area contributed by atoms with E-state index in [9.17, 15) is 0 Å². The van der Waals surface area contributed by atoms with Crippen LogP contribution in [0.25, 0.3) is 0 Å². The molecule has 0 fully saturated rings. The molecule has 2 rings (SSSR count). The first-order valence-electron chi connectivity index (χ1n) is 3.41. The normalized spacial score (nSPS) is 20.6. The van der Waals surface area contributed by atoms with Crippen molar-refractivity contribution in [2.24, 2.45) is 5.73 Å². The lowest BCUT2D eigenvalue weighted by Gasteiger charge is -2.15. The maximum atomic E-state index is 5.74. The SMILES string of the molecule is NC1C=COc2ccncc21. The first-order chi connectivity index (χ1) is 5.38. The molecule has 1 aromatic heterocycles. The molecular weight excluding hydrogens is 140 g/mol. The molecule has 2 heterocycles. The Balaban J connectivity index is 2.50. The molecule has 2 N–H and O–H groups in total. The molecule has 1 aliphatic heterocycles. The fourth-order valence-electron chi connectivity index (χ4n) is 1.05. The van der Waals surface area contributed by atoms with Crippen LogP contribution in [-0.2, 0) is 0 Å². The monoisotopic (exact) mass is 148 g/mol. The third-order valence-electron chi connectivity index (χ3n) is 1.65. The predicted octanol–water partition coefficient (Wildman–Crippen LogP) is 0.988. The standard InChI is InChI=1S/C8H8N2O/c9-7-2-4-11-8-1-3-10-5-6(7)8/h1-5,7H,9H2. The number of hydrogen-bond donors (Lipinski definition) is 1. The smallest absolute Gasteiger partial charge is 0.134 e. The molecule has 0 spiro atoms. The minimum atomic E-state index is -0.0764. The van der Waals surface area contributed by atoms with Crippen LogP contribution >= 0.6 is 0 Å². The molecule has 1 atom stereocenters. The van der Waals surface area contributed by atoms with Gasteiger partial charge in [-0.15, -0.1) is 0 Å². The summed E-state index contributed by atoms with van der Waals surface area (Å²) in [4.78, 5) is 3.95. The quantitative estimate of drug-likeness (QED) is 0.596. The van der Waals surface area contributed by atoms with E-state index in [1.807, 2.05) is 0 Å². The highest BCUT2D eigenvalue weighted by Crippen LogP contribution is 2.26. The van der Waals surface area contributed by atoms with Gasteiger partial charge < -0.3 is 10.5 Å². The molecule has 0 bridgehead atoms. The van der Waals surface area contributed by atoms with Gasteiger partial charge in [-0.3, -0.25) is 4.98 Å². The zero-order valence-electron chi connectivity index (χ0n) is 5.90. The molecule has 0 saturated heterocycles. The van der Waals surface area contributed by atoms with E-state index in [0.717, 1.165) is 11.3 Å². The Kier molecular flexibility index (Phi) is 1.36. The highest BCUT2D eigenvalue weighted by atomic mass is 16.5. The average Bonchev–Trinajstić information content (AvgIpc) is 2.06. The van der Waals surface area contributed by atoms with Gasteiger partial charge in [0.25, 0.3) is 0 Å². The van der Waals surface area contributed by atoms with Crippen molar-refractivity contribution in [1.29, 1.82) is 0 Å². The van der Waals surface area contributed by atoms with Crippen LogP contribution in [-0.4, -0.2) is 4.98 Å². The van der Waals surface area contributed by atoms with E-state index in [1.165, 1.54) is 0 Å². The highest BCUT2D eigenvalue weighted by molar-refractivity contribution is 5.37. The predicted molar refractivity (Wildman–Crippen MR) is 40.9 cm³/mol. The van der Waals surface area contributed by atoms with Gasteiger partial charge in [0.1, 0.15) is 5.75 Å². The van der Waals surface area contributed by atoms with Crippen molar-refractivity contribution in [2.45, 2.75) is 6.04 Å². The lowest BCUT2D eigenvalue weighted by molar-refractivity contribution is 0.453. The molecule has 0 saturated carbocycles. The van der Waals surface area contributed by atoms with Gasteiger partial charge in [-0.05, 0) is 12.1 Å². The molecule has 0 radical (unpaired) electrons. The first kappa shape index (κ1) is 6.37. The van der Waals surface area contributed by atoms with Crippen LogP contribution in [0, 0.1) is 0 Å². The summed E-state index contributed by atoms with van der Waals surface area (Å²) in [6.07, 6.45) is 6.81. The third kappa shape index (κ3) is 0.991. The van der Waals surface area contributed by atoms with Crippen molar-refractivity contribution in [3.63, 3.8) is 0 Å². The molecule has 3 heteroatoms. The molecule has 0 aromatic carbocycles. The third-order valence-corrected chi connectivity index (χ3v) is 1.65. The first-order valence-corrected chi connectivity index (χ1v) is 3.41. The fraction of sp³-hybridized carbons (Fsp3) is 0.125. The number of aromatic nitrogens is 1. The lowest BCUT2D eigenvalue weighted by atomic mass is 10.1. The minimum Gasteiger partial charge on any atom is -0.465 e. The van der Waals surface area contributed by atoms with E-state index < -0.39 is 0 Å². The van der Waals surface area contributed by atoms with E-state index in [1.54, 1.807) is 30.8 Å². The molecule has 1 aliphatic rings. The summed E-state index contributed by atoms with van der Waals surface area (Å²) in [5, 5.41) is 0. The van der Waals surface area contributed by atoms with Crippen molar-refractivity contribution >= 4 is 0 Å². The second-order valence-corrected chi connectivity index (χ2v) is 2.39. The van der Waals surface area contributed by atoms with E-state index in [-0.39, 0.29) is 6.04 Å². The van der Waals surface area contributed by atoms with Gasteiger partial charge in [0, 0.05) is 18.0 Å². The molecule has 1 aromatic rings. The van der Waals surface area contributed by atoms with Gasteiger partial charge in [-0.1, -0.05) is 0 Å². The van der Waals surface area contributed by atoms with E-state index in [4.69, 9.17) is 10.5 Å². The molecule has 56 valence electrons. The van der Waals surface area contributed by atoms with Crippen molar-refractivity contribution in [3.05, 3.63) is 36.4 Å². The van der Waals surface area contributed by atoms with Crippen LogP contribution in [0.1, 0.15) is 11.6 Å². The zero-order valence-corrected chi connectivity index (χ0v) is 5.90. The van der Waals surface area contributed by atoms with Gasteiger partial charge in [0.05, 0.1) is 12.3 Å². The summed E-state index contributed by atoms with van der Waals surface area (Å²) in [6.45, 7) is 0. The maximum Gasteiger partial charge on any atom is 0.134 e. The molecule has 11 heavy (non-hydrogen) atoms. The van der Waals surface area contributed by atoms with Crippen molar-refractivity contribution in [3.8, 4) is 5.75 Å². The van der Waals surface area contributed by atoms with Crippen LogP contribution < -0.4 is 10.5 Å². The Morgan fingerprint density at radius 2 is 2.45 bits per heavy atom. The number of rotatable bonds is 0. The summed E-state index contributed by atoms with van der Waals surface area (Å²) in [5.74, 6) is 0.801. The van der Waals surface area contributed by atoms with Gasteiger partial charge in [-0.25, -0.2) is 0 Å². The van der Waals surface area contributed by atoms with Gasteiger partial charge in [0.2, 0.25) is 0 Å². The van der Waals surface area contributed by atoms with E-state index in [0.29, 0.717) is 0 Å². The number of ether oxygens (including phenoxy) is 1. The molecule has 1 unspecified atom stereocenters. The second kappa shape index (κ2) is 2.36. The van der Waals surface area contributed by atoms with Crippen LogP contribution in [0.3, 0.4) is 0 Å². The zero-order chi connectivity index (χ0) is 7.68. The largest absolute Gasteiger partial charge is 0.465 e. The van der Waals surface area contributed by atoms with E-state index >= 15 is 0 Å². The van der Waals surface area contributed by atoms with Crippen LogP contribution in [0.15, 0.2) is 30.8 Å². The molecule has 0 amide bonds. The van der Waals surface area contributed by atoms with Gasteiger partial charge in [0.15, 0.2) is 0 Å². The molecule has 3 nitrogen and oxygen atoms in total. The number of pyridine rings is 1. The average molecular weight is 148 g/mol. The number of nitrogens with two attached hydrogens (primary N) is 1. The Hall–Kier alpha value is -1.35. The number of fused-ring (bicyclic) bond motifs is 1. The Bertz CT molecular complexity index is 296. The maximum absolute atomic E-state index is 5.74. The summed E-state index contributed by atoms with van der Waals surface area (Å²) in [5.41, 5.74) is 6.68. The van der Waals surface area contributed by atoms with Crippen molar-refractivity contribution in [1.82, 2.24) is 4.98 Å². The van der Waals surface area contributed by atoms with Crippen molar-refractivity contribution < 1.29 is 4.74 Å². The Morgan fingerprint density at radius 1 is 1.55 bits per heavy atom. The second-order valence-electron chi connectivity index (χ2n) is 2.39. The number of hydrogen-bond acceptors (Lipinski definition) is 3. The number of nitrogens with zero attached hydrogens (tertiary/aromatic N) is 1. The van der Waals surface area contributed by atoms with Crippen LogP contribution in [0.2, 0.25) is 0 Å². The lowest BCUT2D eigenvalue weighted by Crippen LogP contribution is -2.12. The Morgan fingerprint density at radius 3 is 3.27 bits per heavy atom. The van der Waals surface area contributed by atoms with Crippen LogP contribution in [0.5, 0.6) is 5.75 Å². The highest BCUT2D eigenvalue weighted by Gasteiger charge is 2.12. The summed E-state index contributed by atoms with van der Waals surface area (Å²) in [7, 11) is 0. The summed E-state index contributed by atoms with van der Waals surface area (Å²) < 4.78 is 5.19. The van der Waals surface area contributed by atoms with Gasteiger partial charge in [-0.2, -0.15) is 0 Å². The minimum absolute atomic E-state index is 0.0764. The molecule has 0 aliphatic carbocycles. The summed E-state index contributed by atoms with van der Waals surface area (Å²) >= 11 is 0. The summed E-state index contributed by atoms with van der Waals surface area (Å²) in [6, 6.07) is 1.73.